The number of rotatable bonds is 5. The molecule has 0 saturated carbocycles. The Morgan fingerprint density at radius 1 is 1.41 bits per heavy atom. The molecule has 116 valence electrons. The number of carbonyl (C=O) groups excluding carboxylic acids is 1. The van der Waals surface area contributed by atoms with Crippen LogP contribution in [0.2, 0.25) is 0 Å². The first-order chi connectivity index (χ1) is 10.4. The normalized spacial score (nSPS) is 10.4. The summed E-state index contributed by atoms with van der Waals surface area (Å²) in [6, 6.07) is 2.57. The van der Waals surface area contributed by atoms with Crippen LogP contribution < -0.4 is 0 Å². The van der Waals surface area contributed by atoms with Crippen LogP contribution in [0.3, 0.4) is 0 Å². The van der Waals surface area contributed by atoms with Crippen molar-refractivity contribution in [2.24, 2.45) is 0 Å². The van der Waals surface area contributed by atoms with Gasteiger partial charge in [0.25, 0.3) is 0 Å². The zero-order valence-electron chi connectivity index (χ0n) is 12.1. The summed E-state index contributed by atoms with van der Waals surface area (Å²) in [7, 11) is 0. The van der Waals surface area contributed by atoms with E-state index in [0.717, 1.165) is 12.1 Å². The molecule has 0 heterocycles. The second kappa shape index (κ2) is 7.08. The summed E-state index contributed by atoms with van der Waals surface area (Å²) in [4.78, 5) is 23.3. The molecule has 1 rings (SSSR count). The summed E-state index contributed by atoms with van der Waals surface area (Å²) in [6.45, 7) is 4.58. The van der Waals surface area contributed by atoms with Crippen LogP contribution in [0.1, 0.15) is 25.0 Å². The SMILES string of the molecule is CCN(CC)C(=O)/C=C/c1cc([N+](=O)[O-])c(O)c(O)c1C#N. The quantitative estimate of drug-likeness (QED) is 0.369. The van der Waals surface area contributed by atoms with Crippen molar-refractivity contribution in [2.45, 2.75) is 13.8 Å². The van der Waals surface area contributed by atoms with Gasteiger partial charge in [-0.3, -0.25) is 14.9 Å². The van der Waals surface area contributed by atoms with Crippen LogP contribution >= 0.6 is 0 Å². The summed E-state index contributed by atoms with van der Waals surface area (Å²) >= 11 is 0. The molecular weight excluding hydrogens is 290 g/mol. The van der Waals surface area contributed by atoms with Gasteiger partial charge in [0.1, 0.15) is 11.6 Å². The monoisotopic (exact) mass is 305 g/mol. The van der Waals surface area contributed by atoms with Crippen LogP contribution in [0.5, 0.6) is 11.5 Å². The first-order valence-corrected chi connectivity index (χ1v) is 6.47. The van der Waals surface area contributed by atoms with E-state index in [9.17, 15) is 25.1 Å². The highest BCUT2D eigenvalue weighted by atomic mass is 16.6. The highest BCUT2D eigenvalue weighted by Crippen LogP contribution is 2.40. The number of likely N-dealkylation sites (N-methyl/N-ethyl adjacent to an activating group) is 1. The molecule has 0 aliphatic rings. The molecule has 22 heavy (non-hydrogen) atoms. The lowest BCUT2D eigenvalue weighted by atomic mass is 10.0. The molecule has 2 N–H and O–H groups in total. The van der Waals surface area contributed by atoms with E-state index in [0.29, 0.717) is 13.1 Å². The topological polar surface area (TPSA) is 128 Å². The number of nitriles is 1. The number of benzene rings is 1. The number of phenols is 2. The molecule has 1 amide bonds. The third kappa shape index (κ3) is 3.32. The second-order valence-electron chi connectivity index (χ2n) is 4.27. The highest BCUT2D eigenvalue weighted by Gasteiger charge is 2.23. The molecule has 0 spiro atoms. The first-order valence-electron chi connectivity index (χ1n) is 6.47. The van der Waals surface area contributed by atoms with Gasteiger partial charge in [0.05, 0.1) is 4.92 Å². The van der Waals surface area contributed by atoms with E-state index in [2.05, 4.69) is 0 Å². The van der Waals surface area contributed by atoms with Crippen molar-refractivity contribution < 1.29 is 19.9 Å². The summed E-state index contributed by atoms with van der Waals surface area (Å²) in [5, 5.41) is 39.0. The van der Waals surface area contributed by atoms with Crippen LogP contribution in [-0.2, 0) is 4.79 Å². The lowest BCUT2D eigenvalue weighted by molar-refractivity contribution is -0.386. The van der Waals surface area contributed by atoms with Crippen molar-refractivity contribution in [1.82, 2.24) is 4.90 Å². The standard InChI is InChI=1S/C14H15N3O5/c1-3-16(4-2)12(18)6-5-9-7-11(17(21)22)14(20)13(19)10(9)8-15/h5-7,19-20H,3-4H2,1-2H3/b6-5+. The number of hydrogen-bond donors (Lipinski definition) is 2. The minimum atomic E-state index is -0.978. The van der Waals surface area contributed by atoms with Gasteiger partial charge in [-0.25, -0.2) is 0 Å². The molecule has 0 aromatic heterocycles. The van der Waals surface area contributed by atoms with Crippen molar-refractivity contribution in [2.75, 3.05) is 13.1 Å². The molecule has 0 saturated heterocycles. The average molecular weight is 305 g/mol. The van der Waals surface area contributed by atoms with Crippen molar-refractivity contribution in [1.29, 1.82) is 5.26 Å². The van der Waals surface area contributed by atoms with Crippen molar-refractivity contribution in [3.05, 3.63) is 33.4 Å². The largest absolute Gasteiger partial charge is 0.503 e. The number of amides is 1. The zero-order valence-corrected chi connectivity index (χ0v) is 12.1. The van der Waals surface area contributed by atoms with Gasteiger partial charge >= 0.3 is 5.69 Å². The molecule has 8 nitrogen and oxygen atoms in total. The third-order valence-corrected chi connectivity index (χ3v) is 3.07. The van der Waals surface area contributed by atoms with Crippen molar-refractivity contribution >= 4 is 17.7 Å². The van der Waals surface area contributed by atoms with E-state index in [4.69, 9.17) is 5.26 Å². The number of carbonyl (C=O) groups is 1. The van der Waals surface area contributed by atoms with Crippen LogP contribution in [0, 0.1) is 21.4 Å². The Bertz CT molecular complexity index is 672. The predicted molar refractivity (Wildman–Crippen MR) is 78.1 cm³/mol. The average Bonchev–Trinajstić information content (AvgIpc) is 2.49. The zero-order chi connectivity index (χ0) is 16.9. The maximum atomic E-state index is 11.9. The van der Waals surface area contributed by atoms with Gasteiger partial charge < -0.3 is 15.1 Å². The molecule has 0 radical (unpaired) electrons. The molecule has 0 fully saturated rings. The molecule has 0 bridgehead atoms. The molecule has 1 aromatic carbocycles. The van der Waals surface area contributed by atoms with E-state index in [1.807, 2.05) is 0 Å². The summed E-state index contributed by atoms with van der Waals surface area (Å²) in [5.41, 5.74) is -1.11. The highest BCUT2D eigenvalue weighted by molar-refractivity contribution is 5.92. The van der Waals surface area contributed by atoms with E-state index in [1.54, 1.807) is 19.9 Å². The Labute approximate surface area is 126 Å². The maximum Gasteiger partial charge on any atom is 0.315 e. The molecule has 8 heteroatoms. The van der Waals surface area contributed by atoms with E-state index < -0.39 is 22.1 Å². The molecule has 0 atom stereocenters. The van der Waals surface area contributed by atoms with Gasteiger partial charge in [-0.05, 0) is 19.9 Å². The smallest absolute Gasteiger partial charge is 0.315 e. The van der Waals surface area contributed by atoms with Crippen LogP contribution in [0.25, 0.3) is 6.08 Å². The fourth-order valence-corrected chi connectivity index (χ4v) is 1.85. The number of phenolic OH excluding ortho intramolecular Hbond substituents is 2. The Hall–Kier alpha value is -3.08. The maximum absolute atomic E-state index is 11.9. The summed E-state index contributed by atoms with van der Waals surface area (Å²) in [6.07, 6.45) is 2.36. The molecule has 0 unspecified atom stereocenters. The third-order valence-electron chi connectivity index (χ3n) is 3.07. The fourth-order valence-electron chi connectivity index (χ4n) is 1.85. The molecule has 0 aliphatic carbocycles. The van der Waals surface area contributed by atoms with Gasteiger partial charge in [0.2, 0.25) is 11.7 Å². The van der Waals surface area contributed by atoms with E-state index in [-0.39, 0.29) is 17.0 Å². The van der Waals surface area contributed by atoms with E-state index >= 15 is 0 Å². The van der Waals surface area contributed by atoms with Crippen molar-refractivity contribution in [3.63, 3.8) is 0 Å². The number of hydrogen-bond acceptors (Lipinski definition) is 6. The predicted octanol–water partition coefficient (Wildman–Crippen LogP) is 1.76. The Kier molecular flexibility index (Phi) is 5.46. The van der Waals surface area contributed by atoms with Crippen LogP contribution in [0.4, 0.5) is 5.69 Å². The summed E-state index contributed by atoms with van der Waals surface area (Å²) < 4.78 is 0. The first kappa shape index (κ1) is 17.0. The van der Waals surface area contributed by atoms with Gasteiger partial charge in [-0.2, -0.15) is 5.26 Å². The fraction of sp³-hybridized carbons (Fsp3) is 0.286. The Morgan fingerprint density at radius 3 is 2.45 bits per heavy atom. The number of nitrogens with zero attached hydrogens (tertiary/aromatic N) is 3. The lowest BCUT2D eigenvalue weighted by Gasteiger charge is -2.15. The van der Waals surface area contributed by atoms with E-state index in [1.165, 1.54) is 11.0 Å². The van der Waals surface area contributed by atoms with Crippen molar-refractivity contribution in [3.8, 4) is 17.6 Å². The number of nitro benzene ring substituents is 1. The second-order valence-corrected chi connectivity index (χ2v) is 4.27. The number of aromatic hydroxyl groups is 2. The minimum absolute atomic E-state index is 0.0231. The lowest BCUT2D eigenvalue weighted by Crippen LogP contribution is -2.28. The Balaban J connectivity index is 3.33. The molecule has 1 aromatic rings. The van der Waals surface area contributed by atoms with Gasteiger partial charge in [-0.1, -0.05) is 0 Å². The Morgan fingerprint density at radius 2 is 2.00 bits per heavy atom. The van der Waals surface area contributed by atoms with Crippen LogP contribution in [0.15, 0.2) is 12.1 Å². The van der Waals surface area contributed by atoms with Gasteiger partial charge in [0, 0.05) is 30.8 Å². The van der Waals surface area contributed by atoms with Crippen LogP contribution in [-0.4, -0.2) is 39.0 Å². The van der Waals surface area contributed by atoms with Gasteiger partial charge in [-0.15, -0.1) is 0 Å². The summed E-state index contributed by atoms with van der Waals surface area (Å²) in [5.74, 6) is -2.19. The number of nitro groups is 1. The minimum Gasteiger partial charge on any atom is -0.503 e. The van der Waals surface area contributed by atoms with Gasteiger partial charge in [0.15, 0.2) is 5.75 Å². The molecular formula is C14H15N3O5. The molecule has 0 aliphatic heterocycles.